The molecule has 0 saturated heterocycles. The lowest BCUT2D eigenvalue weighted by Crippen LogP contribution is -2.12. The van der Waals surface area contributed by atoms with Crippen LogP contribution in [0.15, 0.2) is 73.5 Å². The van der Waals surface area contributed by atoms with Crippen molar-refractivity contribution < 1.29 is 25.9 Å². The number of rotatable bonds is 5. The minimum Gasteiger partial charge on any atom is -0.304 e. The Morgan fingerprint density at radius 1 is 1.02 bits per heavy atom. The molecule has 0 spiro atoms. The number of nitriles is 1. The molecule has 3 aromatic heterocycles. The minimum atomic E-state index is -5.06. The van der Waals surface area contributed by atoms with Crippen molar-refractivity contribution >= 4 is 48.3 Å². The van der Waals surface area contributed by atoms with Crippen molar-refractivity contribution in [3.63, 3.8) is 0 Å². The Morgan fingerprint density at radius 2 is 1.73 bits per heavy atom. The molecule has 0 unspecified atom stereocenters. The fraction of sp³-hybridized carbons (Fsp3) is 0.167. The quantitative estimate of drug-likeness (QED) is 0.198. The molecule has 3 N–H and O–H groups in total. The Balaban J connectivity index is 1.77. The smallest absolute Gasteiger partial charge is 0.296 e. The minimum absolute atomic E-state index is 0.151. The fourth-order valence-corrected chi connectivity index (χ4v) is 5.42. The van der Waals surface area contributed by atoms with Gasteiger partial charge in [0.1, 0.15) is 16.5 Å². The van der Waals surface area contributed by atoms with Crippen LogP contribution in [0.4, 0.5) is 11.5 Å². The van der Waals surface area contributed by atoms with E-state index in [1.807, 2.05) is 26.8 Å². The number of benzene rings is 2. The summed E-state index contributed by atoms with van der Waals surface area (Å²) in [6.07, 6.45) is 1.06. The molecule has 0 amide bonds. The second-order valence-corrected chi connectivity index (χ2v) is 12.7. The number of hydrogen-bond donors (Lipinski definition) is 3. The third-order valence-corrected chi connectivity index (χ3v) is 7.76. The summed E-state index contributed by atoms with van der Waals surface area (Å²) < 4.78 is 69.0. The highest BCUT2D eigenvalue weighted by molar-refractivity contribution is 7.86. The summed E-state index contributed by atoms with van der Waals surface area (Å²) in [4.78, 5) is 13.9. The van der Waals surface area contributed by atoms with Gasteiger partial charge in [-0.1, -0.05) is 32.9 Å². The second kappa shape index (κ2) is 9.42. The summed E-state index contributed by atoms with van der Waals surface area (Å²) in [6.45, 7) is 5.61. The standard InChI is InChI=1S/C24H20N8O7S2/c1-24(2,3)20-19(22-27-23(33)15-6-4-5-7-16(15)32(22)30-20)28-29-21-13(11-25)12-26-31(21)17-9-8-14(40(34,35)36)10-18(17)41(37,38)39/h4-10,12H,1-3H3,(H,27,33)(H,34,35,36)(H,37,38,39)/b29-28+. The predicted molar refractivity (Wildman–Crippen MR) is 144 cm³/mol. The van der Waals surface area contributed by atoms with Crippen molar-refractivity contribution in [3.8, 4) is 11.8 Å². The number of nitrogens with one attached hydrogen (secondary N) is 1. The largest absolute Gasteiger partial charge is 0.304 e. The third-order valence-electron chi connectivity index (χ3n) is 6.02. The number of para-hydroxylation sites is 1. The van der Waals surface area contributed by atoms with Crippen LogP contribution in [-0.4, -0.2) is 50.3 Å². The van der Waals surface area contributed by atoms with E-state index in [9.17, 15) is 36.0 Å². The van der Waals surface area contributed by atoms with Crippen LogP contribution in [0.5, 0.6) is 0 Å². The summed E-state index contributed by atoms with van der Waals surface area (Å²) in [7, 11) is -9.89. The zero-order valence-electron chi connectivity index (χ0n) is 21.5. The number of aromatic nitrogens is 5. The maximum absolute atomic E-state index is 12.8. The molecular formula is C24H20N8O7S2. The Bertz CT molecular complexity index is 2230. The molecule has 0 fully saturated rings. The number of azo groups is 1. The van der Waals surface area contributed by atoms with Gasteiger partial charge in [-0.2, -0.15) is 32.3 Å². The summed E-state index contributed by atoms with van der Waals surface area (Å²) >= 11 is 0. The average molecular weight is 597 g/mol. The lowest BCUT2D eigenvalue weighted by Gasteiger charge is -2.15. The summed E-state index contributed by atoms with van der Waals surface area (Å²) in [6, 6.07) is 11.1. The molecule has 0 saturated carbocycles. The number of nitrogens with zero attached hydrogens (tertiary/aromatic N) is 7. The van der Waals surface area contributed by atoms with Crippen LogP contribution >= 0.6 is 0 Å². The predicted octanol–water partition coefficient (Wildman–Crippen LogP) is 3.44. The van der Waals surface area contributed by atoms with Crippen molar-refractivity contribution in [2.75, 3.05) is 0 Å². The van der Waals surface area contributed by atoms with Gasteiger partial charge in [-0.15, -0.1) is 10.2 Å². The molecule has 5 rings (SSSR count). The molecular weight excluding hydrogens is 576 g/mol. The van der Waals surface area contributed by atoms with Crippen molar-refractivity contribution in [2.45, 2.75) is 36.0 Å². The lowest BCUT2D eigenvalue weighted by atomic mass is 9.91. The first-order valence-corrected chi connectivity index (χ1v) is 14.5. The first-order chi connectivity index (χ1) is 19.1. The highest BCUT2D eigenvalue weighted by Gasteiger charge is 2.28. The Kier molecular flexibility index (Phi) is 6.38. The molecule has 15 nitrogen and oxygen atoms in total. The van der Waals surface area contributed by atoms with Crippen LogP contribution in [-0.2, 0) is 25.7 Å². The van der Waals surface area contributed by atoms with E-state index >= 15 is 0 Å². The molecule has 2 aromatic carbocycles. The lowest BCUT2D eigenvalue weighted by molar-refractivity contribution is 0.480. The van der Waals surface area contributed by atoms with Gasteiger partial charge in [0.25, 0.3) is 25.8 Å². The first-order valence-electron chi connectivity index (χ1n) is 11.6. The SMILES string of the molecule is CC(C)(C)c1nn2c([nH]c(=O)c3ccccc32)c1/N=N/c1c(C#N)cnn1-c1ccc(S(=O)(=O)O)cc1S(=O)(=O)O. The average Bonchev–Trinajstić information content (AvgIpc) is 3.47. The summed E-state index contributed by atoms with van der Waals surface area (Å²) in [5, 5.41) is 27.2. The number of H-pyrrole nitrogens is 1. The second-order valence-electron chi connectivity index (χ2n) is 9.86. The van der Waals surface area contributed by atoms with E-state index in [0.717, 1.165) is 23.0 Å². The van der Waals surface area contributed by atoms with Crippen LogP contribution in [0.2, 0.25) is 0 Å². The van der Waals surface area contributed by atoms with Gasteiger partial charge in [-0.25, -0.2) is 9.20 Å². The molecule has 0 atom stereocenters. The Morgan fingerprint density at radius 3 is 2.37 bits per heavy atom. The van der Waals surface area contributed by atoms with Crippen molar-refractivity contribution in [3.05, 3.63) is 70.3 Å². The van der Waals surface area contributed by atoms with Gasteiger partial charge in [0.15, 0.2) is 17.2 Å². The van der Waals surface area contributed by atoms with Crippen molar-refractivity contribution in [2.24, 2.45) is 10.2 Å². The van der Waals surface area contributed by atoms with Gasteiger partial charge >= 0.3 is 0 Å². The topological polar surface area (TPSA) is 225 Å². The van der Waals surface area contributed by atoms with Gasteiger partial charge in [0.2, 0.25) is 0 Å². The Labute approximate surface area is 231 Å². The molecule has 0 aliphatic heterocycles. The van der Waals surface area contributed by atoms with Crippen LogP contribution < -0.4 is 5.56 Å². The molecule has 41 heavy (non-hydrogen) atoms. The Hall–Kier alpha value is -4.76. The highest BCUT2D eigenvalue weighted by atomic mass is 32.2. The monoisotopic (exact) mass is 596 g/mol. The van der Waals surface area contributed by atoms with E-state index in [2.05, 4.69) is 25.4 Å². The molecule has 0 bridgehead atoms. The summed E-state index contributed by atoms with van der Waals surface area (Å²) in [5.41, 5.74) is -0.208. The molecule has 17 heteroatoms. The summed E-state index contributed by atoms with van der Waals surface area (Å²) in [5.74, 6) is -0.278. The van der Waals surface area contributed by atoms with Crippen LogP contribution in [0.3, 0.4) is 0 Å². The fourth-order valence-electron chi connectivity index (χ4n) is 4.15. The van der Waals surface area contributed by atoms with Crippen LogP contribution in [0.25, 0.3) is 22.2 Å². The number of aromatic amines is 1. The van der Waals surface area contributed by atoms with E-state index < -0.39 is 41.0 Å². The normalized spacial score (nSPS) is 12.9. The van der Waals surface area contributed by atoms with E-state index in [4.69, 9.17) is 0 Å². The third kappa shape index (κ3) is 4.89. The maximum Gasteiger partial charge on any atom is 0.296 e. The molecule has 3 heterocycles. The van der Waals surface area contributed by atoms with Crippen molar-refractivity contribution in [1.82, 2.24) is 24.4 Å². The number of hydrogen-bond acceptors (Lipinski definition) is 10. The van der Waals surface area contributed by atoms with E-state index in [0.29, 0.717) is 22.7 Å². The molecule has 0 aliphatic carbocycles. The van der Waals surface area contributed by atoms with Crippen molar-refractivity contribution in [1.29, 1.82) is 5.26 Å². The van der Waals surface area contributed by atoms with Gasteiger partial charge in [0, 0.05) is 5.41 Å². The maximum atomic E-state index is 12.8. The van der Waals surface area contributed by atoms with E-state index in [1.54, 1.807) is 24.3 Å². The first kappa shape index (κ1) is 27.8. The number of fused-ring (bicyclic) bond motifs is 3. The zero-order valence-corrected chi connectivity index (χ0v) is 23.1. The molecule has 210 valence electrons. The van der Waals surface area contributed by atoms with E-state index in [1.165, 1.54) is 4.52 Å². The van der Waals surface area contributed by atoms with Gasteiger partial charge < -0.3 is 4.98 Å². The molecule has 0 aliphatic rings. The highest BCUT2D eigenvalue weighted by Crippen LogP contribution is 2.36. The van der Waals surface area contributed by atoms with E-state index in [-0.39, 0.29) is 28.4 Å². The van der Waals surface area contributed by atoms with Gasteiger partial charge in [0.05, 0.1) is 33.4 Å². The van der Waals surface area contributed by atoms with Gasteiger partial charge in [-0.05, 0) is 30.3 Å². The molecule has 0 radical (unpaired) electrons. The zero-order chi connectivity index (χ0) is 29.9. The van der Waals surface area contributed by atoms with Crippen LogP contribution in [0.1, 0.15) is 32.0 Å². The van der Waals surface area contributed by atoms with Gasteiger partial charge in [-0.3, -0.25) is 13.9 Å². The molecule has 5 aromatic rings. The van der Waals surface area contributed by atoms with Crippen LogP contribution in [0, 0.1) is 11.3 Å².